The zero-order valence-electron chi connectivity index (χ0n) is 13.3. The van der Waals surface area contributed by atoms with E-state index in [9.17, 15) is 8.42 Å². The van der Waals surface area contributed by atoms with Crippen LogP contribution in [-0.4, -0.2) is 8.42 Å². The molecular formula is C19H18N2O2S. The first-order valence-electron chi connectivity index (χ1n) is 7.56. The summed E-state index contributed by atoms with van der Waals surface area (Å²) in [5, 5.41) is 1.57. The molecule has 3 rings (SSSR count). The highest BCUT2D eigenvalue weighted by Crippen LogP contribution is 2.25. The molecular weight excluding hydrogens is 320 g/mol. The van der Waals surface area contributed by atoms with Crippen LogP contribution in [0.25, 0.3) is 0 Å². The molecule has 0 aliphatic carbocycles. The van der Waals surface area contributed by atoms with Crippen molar-refractivity contribution in [2.24, 2.45) is 0 Å². The van der Waals surface area contributed by atoms with Crippen LogP contribution in [0.2, 0.25) is 0 Å². The fourth-order valence-corrected chi connectivity index (χ4v) is 3.74. The van der Waals surface area contributed by atoms with Gasteiger partial charge in [0.25, 0.3) is 10.0 Å². The number of hydrogen-bond acceptors (Lipinski definition) is 3. The molecule has 0 spiro atoms. The largest absolute Gasteiger partial charge is 0.263 e. The third-order valence-corrected chi connectivity index (χ3v) is 5.08. The Labute approximate surface area is 142 Å². The van der Waals surface area contributed by atoms with E-state index < -0.39 is 10.0 Å². The molecule has 5 heteroatoms. The molecule has 0 radical (unpaired) electrons. The van der Waals surface area contributed by atoms with Crippen LogP contribution in [0.5, 0.6) is 0 Å². The second-order valence-electron chi connectivity index (χ2n) is 5.37. The maximum atomic E-state index is 12.9. The zero-order chi connectivity index (χ0) is 17.0. The van der Waals surface area contributed by atoms with Crippen LogP contribution in [0.15, 0.2) is 89.8 Å². The summed E-state index contributed by atoms with van der Waals surface area (Å²) in [6.45, 7) is 1.78. The number of anilines is 2. The van der Waals surface area contributed by atoms with Crippen LogP contribution in [-0.2, 0) is 10.0 Å². The summed E-state index contributed by atoms with van der Waals surface area (Å²) in [7, 11) is -3.71. The number of hydrazine groups is 1. The number of nitrogens with zero attached hydrogens (tertiary/aromatic N) is 1. The maximum absolute atomic E-state index is 12.9. The molecule has 0 aliphatic heterocycles. The van der Waals surface area contributed by atoms with Crippen LogP contribution in [0.3, 0.4) is 0 Å². The molecule has 0 amide bonds. The summed E-state index contributed by atoms with van der Waals surface area (Å²) in [4.78, 5) is 2.95. The lowest BCUT2D eigenvalue weighted by Gasteiger charge is -2.25. The predicted octanol–water partition coefficient (Wildman–Crippen LogP) is 4.03. The Hall–Kier alpha value is -2.63. The van der Waals surface area contributed by atoms with Gasteiger partial charge < -0.3 is 0 Å². The molecule has 0 unspecified atom stereocenters. The van der Waals surface area contributed by atoms with Crippen LogP contribution >= 0.6 is 0 Å². The summed E-state index contributed by atoms with van der Waals surface area (Å²) in [5.41, 5.74) is 2.17. The summed E-state index contributed by atoms with van der Waals surface area (Å²) in [5.74, 6) is 0. The number of nitrogens with one attached hydrogen (secondary N) is 1. The average Bonchev–Trinajstić information content (AvgIpc) is 2.61. The normalized spacial score (nSPS) is 11.2. The van der Waals surface area contributed by atoms with Crippen molar-refractivity contribution in [1.82, 2.24) is 4.83 Å². The smallest absolute Gasteiger partial charge is 0.258 e. The van der Waals surface area contributed by atoms with Gasteiger partial charge in [-0.15, -0.1) is 4.83 Å². The first-order valence-corrected chi connectivity index (χ1v) is 9.04. The van der Waals surface area contributed by atoms with Crippen molar-refractivity contribution < 1.29 is 8.42 Å². The predicted molar refractivity (Wildman–Crippen MR) is 96.5 cm³/mol. The van der Waals surface area contributed by atoms with Crippen molar-refractivity contribution >= 4 is 21.4 Å². The van der Waals surface area contributed by atoms with Crippen LogP contribution in [0, 0.1) is 6.92 Å². The van der Waals surface area contributed by atoms with Gasteiger partial charge in [0.15, 0.2) is 0 Å². The number of aryl methyl sites for hydroxylation is 1. The van der Waals surface area contributed by atoms with Gasteiger partial charge in [-0.05, 0) is 42.8 Å². The lowest BCUT2D eigenvalue weighted by Crippen LogP contribution is -2.39. The van der Waals surface area contributed by atoms with Gasteiger partial charge in [-0.2, -0.15) is 0 Å². The van der Waals surface area contributed by atoms with Crippen LogP contribution < -0.4 is 9.84 Å². The topological polar surface area (TPSA) is 49.4 Å². The Kier molecular flexibility index (Phi) is 4.64. The molecule has 4 nitrogen and oxygen atoms in total. The summed E-state index contributed by atoms with van der Waals surface area (Å²) in [6.07, 6.45) is 0. The molecule has 0 aromatic heterocycles. The highest BCUT2D eigenvalue weighted by atomic mass is 32.2. The van der Waals surface area contributed by atoms with Gasteiger partial charge in [-0.1, -0.05) is 54.6 Å². The molecule has 0 fully saturated rings. The molecule has 0 atom stereocenters. The Balaban J connectivity index is 2.03. The summed E-state index contributed by atoms with van der Waals surface area (Å²) >= 11 is 0. The highest BCUT2D eigenvalue weighted by Gasteiger charge is 2.21. The second-order valence-corrected chi connectivity index (χ2v) is 7.00. The quantitative estimate of drug-likeness (QED) is 0.715. The molecule has 1 N–H and O–H groups in total. The van der Waals surface area contributed by atoms with Crippen molar-refractivity contribution in [1.29, 1.82) is 0 Å². The molecule has 0 saturated carbocycles. The molecule has 0 aliphatic rings. The van der Waals surface area contributed by atoms with Gasteiger partial charge in [0.2, 0.25) is 0 Å². The van der Waals surface area contributed by atoms with E-state index in [-0.39, 0.29) is 4.90 Å². The highest BCUT2D eigenvalue weighted by molar-refractivity contribution is 7.89. The molecule has 3 aromatic carbocycles. The van der Waals surface area contributed by atoms with Crippen molar-refractivity contribution in [3.05, 3.63) is 90.5 Å². The Bertz CT molecular complexity index is 871. The Morgan fingerprint density at radius 2 is 1.17 bits per heavy atom. The molecule has 0 saturated heterocycles. The van der Waals surface area contributed by atoms with E-state index in [4.69, 9.17) is 0 Å². The van der Waals surface area contributed by atoms with E-state index in [1.165, 1.54) is 0 Å². The number of rotatable bonds is 5. The molecule has 0 heterocycles. The molecule has 122 valence electrons. The van der Waals surface area contributed by atoms with E-state index >= 15 is 0 Å². The van der Waals surface area contributed by atoms with Gasteiger partial charge >= 0.3 is 0 Å². The fourth-order valence-electron chi connectivity index (χ4n) is 2.44. The van der Waals surface area contributed by atoms with Gasteiger partial charge in [0.1, 0.15) is 0 Å². The number of para-hydroxylation sites is 2. The van der Waals surface area contributed by atoms with Crippen molar-refractivity contribution in [3.8, 4) is 0 Å². The molecule has 24 heavy (non-hydrogen) atoms. The van der Waals surface area contributed by atoms with E-state index in [1.807, 2.05) is 66.7 Å². The van der Waals surface area contributed by atoms with Gasteiger partial charge in [0, 0.05) is 0 Å². The molecule has 3 aromatic rings. The van der Waals surface area contributed by atoms with E-state index in [0.717, 1.165) is 11.4 Å². The maximum Gasteiger partial charge on any atom is 0.258 e. The van der Waals surface area contributed by atoms with E-state index in [2.05, 4.69) is 4.83 Å². The lowest BCUT2D eigenvalue weighted by molar-refractivity contribution is 0.582. The first kappa shape index (κ1) is 16.2. The van der Waals surface area contributed by atoms with Gasteiger partial charge in [-0.25, -0.2) is 8.42 Å². The van der Waals surface area contributed by atoms with Crippen molar-refractivity contribution in [3.63, 3.8) is 0 Å². The number of sulfonamides is 1. The van der Waals surface area contributed by atoms with Crippen molar-refractivity contribution in [2.45, 2.75) is 11.8 Å². The average molecular weight is 338 g/mol. The minimum atomic E-state index is -3.71. The second kappa shape index (κ2) is 6.86. The third kappa shape index (κ3) is 3.48. The van der Waals surface area contributed by atoms with Crippen LogP contribution in [0.4, 0.5) is 11.4 Å². The minimum absolute atomic E-state index is 0.266. The van der Waals surface area contributed by atoms with Gasteiger partial charge in [-0.3, -0.25) is 5.01 Å². The van der Waals surface area contributed by atoms with Gasteiger partial charge in [0.05, 0.1) is 16.3 Å². The van der Waals surface area contributed by atoms with Crippen LogP contribution in [0.1, 0.15) is 5.56 Å². The third-order valence-electron chi connectivity index (χ3n) is 3.62. The Morgan fingerprint density at radius 1 is 0.708 bits per heavy atom. The summed E-state index contributed by atoms with van der Waals surface area (Å²) < 4.78 is 25.7. The van der Waals surface area contributed by atoms with E-state index in [0.29, 0.717) is 5.56 Å². The Morgan fingerprint density at radius 3 is 1.67 bits per heavy atom. The monoisotopic (exact) mass is 338 g/mol. The number of hydrogen-bond donors (Lipinski definition) is 1. The summed E-state index contributed by atoms with van der Waals surface area (Å²) in [6, 6.07) is 25.6. The molecule has 0 bridgehead atoms. The van der Waals surface area contributed by atoms with Crippen molar-refractivity contribution in [2.75, 3.05) is 5.01 Å². The fraction of sp³-hybridized carbons (Fsp3) is 0.0526. The SMILES string of the molecule is Cc1ccccc1S(=O)(=O)NN(c1ccccc1)c1ccccc1. The number of benzene rings is 3. The minimum Gasteiger partial charge on any atom is -0.263 e. The zero-order valence-corrected chi connectivity index (χ0v) is 14.1. The standard InChI is InChI=1S/C19H18N2O2S/c1-16-10-8-9-15-19(16)24(22,23)20-21(17-11-4-2-5-12-17)18-13-6-3-7-14-18/h2-15,20H,1H3. The lowest BCUT2D eigenvalue weighted by atomic mass is 10.2. The first-order chi connectivity index (χ1) is 11.6. The van der Waals surface area contributed by atoms with E-state index in [1.54, 1.807) is 30.1 Å².